The third-order valence-electron chi connectivity index (χ3n) is 4.36. The Morgan fingerprint density at radius 2 is 2.17 bits per heavy atom. The molecule has 7 heteroatoms. The van der Waals surface area contributed by atoms with Crippen LogP contribution in [0.3, 0.4) is 0 Å². The third kappa shape index (κ3) is 3.39. The number of hydrogen-bond acceptors (Lipinski definition) is 4. The molecule has 2 N–H and O–H groups in total. The topological polar surface area (TPSA) is 73.9 Å². The van der Waals surface area contributed by atoms with E-state index in [1.807, 2.05) is 31.1 Å². The molecule has 23 heavy (non-hydrogen) atoms. The molecule has 1 atom stereocenters. The lowest BCUT2D eigenvalue weighted by Gasteiger charge is -2.30. The Morgan fingerprint density at radius 1 is 1.35 bits per heavy atom. The standard InChI is InChI=1S/C16H23N5OS/c1-10-9-23-15(17-10)18-16(22)21-8-6-4-5-7-13(21)14-11(2)19-20-12(14)3/h9,13H,4-8H2,1-3H3,(H,19,20)(H,17,18,22)/t13-/m0/s1. The van der Waals surface area contributed by atoms with E-state index in [9.17, 15) is 4.79 Å². The van der Waals surface area contributed by atoms with Crippen LogP contribution in [0.15, 0.2) is 5.38 Å². The predicted octanol–water partition coefficient (Wildman–Crippen LogP) is 3.94. The van der Waals surface area contributed by atoms with Gasteiger partial charge in [0.1, 0.15) is 0 Å². The number of urea groups is 1. The van der Waals surface area contributed by atoms with Crippen LogP contribution in [-0.4, -0.2) is 32.7 Å². The molecule has 3 rings (SSSR count). The number of nitrogens with zero attached hydrogens (tertiary/aromatic N) is 3. The van der Waals surface area contributed by atoms with E-state index in [0.29, 0.717) is 5.13 Å². The second-order valence-corrected chi connectivity index (χ2v) is 6.99. The monoisotopic (exact) mass is 333 g/mol. The predicted molar refractivity (Wildman–Crippen MR) is 91.8 cm³/mol. The molecule has 124 valence electrons. The summed E-state index contributed by atoms with van der Waals surface area (Å²) in [7, 11) is 0. The molecule has 2 aromatic heterocycles. The number of likely N-dealkylation sites (tertiary alicyclic amines) is 1. The number of rotatable bonds is 2. The largest absolute Gasteiger partial charge is 0.324 e. The number of carbonyl (C=O) groups excluding carboxylic acids is 1. The molecule has 0 unspecified atom stereocenters. The normalized spacial score (nSPS) is 18.7. The van der Waals surface area contributed by atoms with Crippen LogP contribution < -0.4 is 5.32 Å². The van der Waals surface area contributed by atoms with Crippen LogP contribution in [0.2, 0.25) is 0 Å². The second kappa shape index (κ2) is 6.70. The summed E-state index contributed by atoms with van der Waals surface area (Å²) in [6.45, 7) is 6.73. The molecule has 0 spiro atoms. The second-order valence-electron chi connectivity index (χ2n) is 6.13. The van der Waals surface area contributed by atoms with Gasteiger partial charge in [0.2, 0.25) is 0 Å². The summed E-state index contributed by atoms with van der Waals surface area (Å²) < 4.78 is 0. The molecule has 1 aliphatic heterocycles. The number of amides is 2. The molecule has 2 amide bonds. The minimum Gasteiger partial charge on any atom is -0.317 e. The van der Waals surface area contributed by atoms with Crippen LogP contribution in [0.25, 0.3) is 0 Å². The zero-order valence-corrected chi connectivity index (χ0v) is 14.7. The minimum absolute atomic E-state index is 0.0637. The molecule has 0 bridgehead atoms. The Hall–Kier alpha value is -1.89. The van der Waals surface area contributed by atoms with E-state index in [4.69, 9.17) is 0 Å². The quantitative estimate of drug-likeness (QED) is 0.874. The van der Waals surface area contributed by atoms with Crippen molar-refractivity contribution >= 4 is 22.5 Å². The van der Waals surface area contributed by atoms with E-state index in [-0.39, 0.29) is 12.1 Å². The summed E-state index contributed by atoms with van der Waals surface area (Å²) in [5, 5.41) is 12.9. The van der Waals surface area contributed by atoms with Crippen LogP contribution in [-0.2, 0) is 0 Å². The fraction of sp³-hybridized carbons (Fsp3) is 0.562. The number of aromatic nitrogens is 3. The number of carbonyl (C=O) groups is 1. The van der Waals surface area contributed by atoms with E-state index >= 15 is 0 Å². The number of aryl methyl sites for hydroxylation is 3. The first-order valence-corrected chi connectivity index (χ1v) is 8.95. The van der Waals surface area contributed by atoms with Crippen molar-refractivity contribution in [2.45, 2.75) is 52.5 Å². The first-order chi connectivity index (χ1) is 11.1. The summed E-state index contributed by atoms with van der Waals surface area (Å²) in [5.74, 6) is 0. The van der Waals surface area contributed by atoms with Gasteiger partial charge in [-0.2, -0.15) is 5.10 Å². The van der Waals surface area contributed by atoms with Crippen molar-refractivity contribution in [3.63, 3.8) is 0 Å². The van der Waals surface area contributed by atoms with Crippen molar-refractivity contribution in [2.75, 3.05) is 11.9 Å². The van der Waals surface area contributed by atoms with Gasteiger partial charge < -0.3 is 4.90 Å². The molecule has 1 saturated heterocycles. The van der Waals surface area contributed by atoms with Crippen molar-refractivity contribution < 1.29 is 4.79 Å². The molecule has 0 saturated carbocycles. The summed E-state index contributed by atoms with van der Waals surface area (Å²) in [4.78, 5) is 19.1. The number of thiazole rings is 1. The van der Waals surface area contributed by atoms with Gasteiger partial charge in [-0.05, 0) is 33.6 Å². The lowest BCUT2D eigenvalue weighted by Crippen LogP contribution is -2.38. The maximum absolute atomic E-state index is 12.8. The lowest BCUT2D eigenvalue weighted by molar-refractivity contribution is 0.189. The highest BCUT2D eigenvalue weighted by Gasteiger charge is 2.30. The van der Waals surface area contributed by atoms with Crippen LogP contribution >= 0.6 is 11.3 Å². The van der Waals surface area contributed by atoms with Gasteiger partial charge in [-0.3, -0.25) is 10.4 Å². The molecule has 3 heterocycles. The zero-order chi connectivity index (χ0) is 16.4. The van der Waals surface area contributed by atoms with E-state index in [1.54, 1.807) is 0 Å². The Bertz CT molecular complexity index is 673. The number of hydrogen-bond donors (Lipinski definition) is 2. The van der Waals surface area contributed by atoms with Gasteiger partial charge >= 0.3 is 6.03 Å². The highest BCUT2D eigenvalue weighted by Crippen LogP contribution is 2.33. The Balaban J connectivity index is 1.85. The van der Waals surface area contributed by atoms with Crippen molar-refractivity contribution in [1.82, 2.24) is 20.1 Å². The van der Waals surface area contributed by atoms with Gasteiger partial charge in [-0.25, -0.2) is 9.78 Å². The molecule has 1 aliphatic rings. The SMILES string of the molecule is Cc1csc(NC(=O)N2CCCCC[C@H]2c2c(C)n[nH]c2C)n1. The summed E-state index contributed by atoms with van der Waals surface area (Å²) in [6, 6.07) is 0.0172. The summed E-state index contributed by atoms with van der Waals surface area (Å²) in [5.41, 5.74) is 4.13. The third-order valence-corrected chi connectivity index (χ3v) is 5.24. The molecule has 0 aromatic carbocycles. The number of anilines is 1. The van der Waals surface area contributed by atoms with Crippen molar-refractivity contribution in [2.24, 2.45) is 0 Å². The molecule has 2 aromatic rings. The first kappa shape index (κ1) is 16.0. The minimum atomic E-state index is -0.0637. The molecule has 1 fully saturated rings. The van der Waals surface area contributed by atoms with Gasteiger partial charge in [0.25, 0.3) is 0 Å². The average Bonchev–Trinajstić information content (AvgIpc) is 2.96. The molecule has 6 nitrogen and oxygen atoms in total. The van der Waals surface area contributed by atoms with Gasteiger partial charge in [0.05, 0.1) is 17.4 Å². The van der Waals surface area contributed by atoms with Crippen molar-refractivity contribution in [3.8, 4) is 0 Å². The van der Waals surface area contributed by atoms with Crippen LogP contribution in [0.1, 0.15) is 54.4 Å². The first-order valence-electron chi connectivity index (χ1n) is 8.07. The van der Waals surface area contributed by atoms with E-state index in [2.05, 4.69) is 20.5 Å². The van der Waals surface area contributed by atoms with Crippen molar-refractivity contribution in [1.29, 1.82) is 0 Å². The maximum Gasteiger partial charge on any atom is 0.324 e. The van der Waals surface area contributed by atoms with Gasteiger partial charge in [-0.1, -0.05) is 12.8 Å². The van der Waals surface area contributed by atoms with Crippen LogP contribution in [0.4, 0.5) is 9.93 Å². The number of aromatic amines is 1. The Kier molecular flexibility index (Phi) is 4.66. The van der Waals surface area contributed by atoms with E-state index in [0.717, 1.165) is 54.9 Å². The van der Waals surface area contributed by atoms with E-state index < -0.39 is 0 Å². The number of H-pyrrole nitrogens is 1. The number of nitrogens with one attached hydrogen (secondary N) is 2. The van der Waals surface area contributed by atoms with Gasteiger partial charge in [0, 0.05) is 23.2 Å². The highest BCUT2D eigenvalue weighted by molar-refractivity contribution is 7.13. The molecular weight excluding hydrogens is 310 g/mol. The Morgan fingerprint density at radius 3 is 2.83 bits per heavy atom. The Labute approximate surface area is 140 Å². The molecule has 0 aliphatic carbocycles. The summed E-state index contributed by atoms with van der Waals surface area (Å²) in [6.07, 6.45) is 4.31. The molecule has 0 radical (unpaired) electrons. The lowest BCUT2D eigenvalue weighted by atomic mass is 9.99. The van der Waals surface area contributed by atoms with Gasteiger partial charge in [-0.15, -0.1) is 11.3 Å². The fourth-order valence-electron chi connectivity index (χ4n) is 3.28. The maximum atomic E-state index is 12.8. The summed E-state index contributed by atoms with van der Waals surface area (Å²) >= 11 is 1.46. The highest BCUT2D eigenvalue weighted by atomic mass is 32.1. The zero-order valence-electron chi connectivity index (χ0n) is 13.8. The van der Waals surface area contributed by atoms with Crippen LogP contribution in [0, 0.1) is 20.8 Å². The molecular formula is C16H23N5OS. The van der Waals surface area contributed by atoms with Crippen molar-refractivity contribution in [3.05, 3.63) is 28.0 Å². The van der Waals surface area contributed by atoms with E-state index in [1.165, 1.54) is 11.3 Å². The van der Waals surface area contributed by atoms with Crippen LogP contribution in [0.5, 0.6) is 0 Å². The smallest absolute Gasteiger partial charge is 0.317 e. The van der Waals surface area contributed by atoms with Gasteiger partial charge in [0.15, 0.2) is 5.13 Å². The fourth-order valence-corrected chi connectivity index (χ4v) is 3.95. The average molecular weight is 333 g/mol.